The smallest absolute Gasteiger partial charge is 0.263 e. The highest BCUT2D eigenvalue weighted by molar-refractivity contribution is 5.91. The van der Waals surface area contributed by atoms with Gasteiger partial charge in [0.15, 0.2) is 23.9 Å². The first-order valence-electron chi connectivity index (χ1n) is 9.72. The highest BCUT2D eigenvalue weighted by Gasteiger charge is 2.39. The van der Waals surface area contributed by atoms with Crippen molar-refractivity contribution in [3.05, 3.63) is 42.6 Å². The summed E-state index contributed by atoms with van der Waals surface area (Å²) in [5.74, 6) is 0.912. The number of aromatic nitrogens is 1. The van der Waals surface area contributed by atoms with Crippen molar-refractivity contribution in [1.29, 1.82) is 0 Å². The Morgan fingerprint density at radius 2 is 1.86 bits per heavy atom. The maximum atomic E-state index is 12.2. The first kappa shape index (κ1) is 19.5. The maximum Gasteiger partial charge on any atom is 0.263 e. The number of benzene rings is 1. The minimum absolute atomic E-state index is 0.127. The summed E-state index contributed by atoms with van der Waals surface area (Å²) in [7, 11) is 1.56. The van der Waals surface area contributed by atoms with Crippen LogP contribution in [0.4, 0.5) is 11.5 Å². The number of carbonyl (C=O) groups is 1. The molecule has 0 bridgehead atoms. The van der Waals surface area contributed by atoms with Crippen molar-refractivity contribution < 1.29 is 23.7 Å². The molecule has 1 aromatic carbocycles. The highest BCUT2D eigenvalue weighted by atomic mass is 16.7. The van der Waals surface area contributed by atoms with Crippen molar-refractivity contribution in [2.75, 3.05) is 50.2 Å². The lowest BCUT2D eigenvalue weighted by molar-refractivity contribution is -0.169. The van der Waals surface area contributed by atoms with E-state index in [0.29, 0.717) is 30.5 Å². The predicted octanol–water partition coefficient (Wildman–Crippen LogP) is 2.45. The largest absolute Gasteiger partial charge is 0.493 e. The molecule has 8 nitrogen and oxygen atoms in total. The number of ether oxygens (including phenoxy) is 4. The maximum absolute atomic E-state index is 12.2. The lowest BCUT2D eigenvalue weighted by atomic mass is 10.0. The van der Waals surface area contributed by atoms with E-state index in [1.807, 2.05) is 18.2 Å². The summed E-state index contributed by atoms with van der Waals surface area (Å²) in [5.41, 5.74) is 1.01. The number of amides is 1. The first-order valence-corrected chi connectivity index (χ1v) is 9.72. The quantitative estimate of drug-likeness (QED) is 0.799. The molecular formula is C21H25N3O5. The van der Waals surface area contributed by atoms with E-state index in [9.17, 15) is 4.79 Å². The van der Waals surface area contributed by atoms with Crippen molar-refractivity contribution in [3.8, 4) is 11.5 Å². The van der Waals surface area contributed by atoms with Crippen LogP contribution >= 0.6 is 0 Å². The number of rotatable bonds is 6. The van der Waals surface area contributed by atoms with Gasteiger partial charge >= 0.3 is 0 Å². The Hall–Kier alpha value is -2.84. The number of anilines is 2. The normalized spacial score (nSPS) is 17.9. The second-order valence-corrected chi connectivity index (χ2v) is 6.98. The highest BCUT2D eigenvalue weighted by Crippen LogP contribution is 2.33. The minimum atomic E-state index is -0.390. The standard InChI is InChI=1S/C21H25N3O5/c1-26-17-4-2-3-5-18(17)27-15-20(25)23-19-7-6-16(14-22-19)24-10-8-21(9-11-24)28-12-13-29-21/h2-7,14H,8-13,15H2,1H3,(H,22,23,25). The molecule has 2 aliphatic heterocycles. The van der Waals surface area contributed by atoms with Gasteiger partial charge in [0.05, 0.1) is 32.2 Å². The average Bonchev–Trinajstić information content (AvgIpc) is 3.21. The third-order valence-corrected chi connectivity index (χ3v) is 5.15. The summed E-state index contributed by atoms with van der Waals surface area (Å²) in [6.45, 7) is 2.92. The fraction of sp³-hybridized carbons (Fsp3) is 0.429. The lowest BCUT2D eigenvalue weighted by Gasteiger charge is -2.38. The Bertz CT molecular complexity index is 826. The van der Waals surface area contributed by atoms with E-state index in [-0.39, 0.29) is 18.3 Å². The van der Waals surface area contributed by atoms with Gasteiger partial charge in [-0.05, 0) is 24.3 Å². The third kappa shape index (κ3) is 4.60. The van der Waals surface area contributed by atoms with E-state index in [1.165, 1.54) is 0 Å². The molecule has 1 N–H and O–H groups in total. The molecule has 0 radical (unpaired) electrons. The Kier molecular flexibility index (Phi) is 5.82. The number of pyridine rings is 1. The van der Waals surface area contributed by atoms with Crippen LogP contribution in [0.2, 0.25) is 0 Å². The van der Waals surface area contributed by atoms with Crippen molar-refractivity contribution in [2.45, 2.75) is 18.6 Å². The van der Waals surface area contributed by atoms with Crippen LogP contribution in [0.1, 0.15) is 12.8 Å². The molecule has 1 aromatic heterocycles. The zero-order valence-electron chi connectivity index (χ0n) is 16.4. The van der Waals surface area contributed by atoms with Crippen molar-refractivity contribution >= 4 is 17.4 Å². The molecular weight excluding hydrogens is 374 g/mol. The summed E-state index contributed by atoms with van der Waals surface area (Å²) < 4.78 is 22.3. The monoisotopic (exact) mass is 399 g/mol. The molecule has 2 aliphatic rings. The molecule has 1 spiro atoms. The minimum Gasteiger partial charge on any atom is -0.493 e. The topological polar surface area (TPSA) is 82.2 Å². The molecule has 2 fully saturated rings. The van der Waals surface area contributed by atoms with Gasteiger partial charge in [0.1, 0.15) is 5.82 Å². The van der Waals surface area contributed by atoms with Gasteiger partial charge in [0.2, 0.25) is 0 Å². The van der Waals surface area contributed by atoms with Crippen LogP contribution in [0, 0.1) is 0 Å². The van der Waals surface area contributed by atoms with E-state index in [0.717, 1.165) is 31.6 Å². The summed E-state index contributed by atoms with van der Waals surface area (Å²) in [4.78, 5) is 18.8. The number of piperidine rings is 1. The number of para-hydroxylation sites is 2. The fourth-order valence-electron chi connectivity index (χ4n) is 3.60. The second-order valence-electron chi connectivity index (χ2n) is 6.98. The van der Waals surface area contributed by atoms with Crippen LogP contribution in [0.25, 0.3) is 0 Å². The van der Waals surface area contributed by atoms with Crippen molar-refractivity contribution in [2.24, 2.45) is 0 Å². The molecule has 3 heterocycles. The van der Waals surface area contributed by atoms with E-state index in [1.54, 1.807) is 31.5 Å². The lowest BCUT2D eigenvalue weighted by Crippen LogP contribution is -2.45. The van der Waals surface area contributed by atoms with Crippen LogP contribution in [-0.2, 0) is 14.3 Å². The van der Waals surface area contributed by atoms with Gasteiger partial charge in [-0.25, -0.2) is 4.98 Å². The number of methoxy groups -OCH3 is 1. The van der Waals surface area contributed by atoms with E-state index in [2.05, 4.69) is 15.2 Å². The van der Waals surface area contributed by atoms with Gasteiger partial charge in [-0.1, -0.05) is 12.1 Å². The number of hydrogen-bond donors (Lipinski definition) is 1. The second kappa shape index (κ2) is 8.67. The number of nitrogens with one attached hydrogen (secondary N) is 1. The molecule has 0 saturated carbocycles. The Labute approximate surface area is 169 Å². The third-order valence-electron chi connectivity index (χ3n) is 5.15. The fourth-order valence-corrected chi connectivity index (χ4v) is 3.60. The number of carbonyl (C=O) groups excluding carboxylic acids is 1. The van der Waals surface area contributed by atoms with Crippen LogP contribution in [0.5, 0.6) is 11.5 Å². The van der Waals surface area contributed by atoms with Gasteiger partial charge in [0, 0.05) is 25.9 Å². The van der Waals surface area contributed by atoms with Gasteiger partial charge < -0.3 is 29.2 Å². The summed E-state index contributed by atoms with van der Waals surface area (Å²) in [6, 6.07) is 10.9. The summed E-state index contributed by atoms with van der Waals surface area (Å²) in [6.07, 6.45) is 3.45. The number of nitrogens with zero attached hydrogens (tertiary/aromatic N) is 2. The molecule has 0 atom stereocenters. The van der Waals surface area contributed by atoms with Crippen LogP contribution in [0.15, 0.2) is 42.6 Å². The zero-order valence-corrected chi connectivity index (χ0v) is 16.4. The van der Waals surface area contributed by atoms with Crippen molar-refractivity contribution in [1.82, 2.24) is 4.98 Å². The predicted molar refractivity (Wildman–Crippen MR) is 107 cm³/mol. The molecule has 154 valence electrons. The molecule has 2 aromatic rings. The van der Waals surface area contributed by atoms with Crippen molar-refractivity contribution in [3.63, 3.8) is 0 Å². The van der Waals surface area contributed by atoms with Gasteiger partial charge in [0.25, 0.3) is 5.91 Å². The van der Waals surface area contributed by atoms with Gasteiger partial charge in [-0.3, -0.25) is 4.79 Å². The number of hydrogen-bond acceptors (Lipinski definition) is 7. The average molecular weight is 399 g/mol. The van der Waals surface area contributed by atoms with Gasteiger partial charge in [-0.15, -0.1) is 0 Å². The Morgan fingerprint density at radius 3 is 2.52 bits per heavy atom. The molecule has 0 unspecified atom stereocenters. The molecule has 8 heteroatoms. The Balaban J connectivity index is 1.27. The molecule has 29 heavy (non-hydrogen) atoms. The molecule has 1 amide bonds. The van der Waals surface area contributed by atoms with E-state index >= 15 is 0 Å². The van der Waals surface area contributed by atoms with Crippen LogP contribution in [0.3, 0.4) is 0 Å². The summed E-state index contributed by atoms with van der Waals surface area (Å²) >= 11 is 0. The molecule has 2 saturated heterocycles. The van der Waals surface area contributed by atoms with E-state index in [4.69, 9.17) is 18.9 Å². The Morgan fingerprint density at radius 1 is 1.14 bits per heavy atom. The van der Waals surface area contributed by atoms with Gasteiger partial charge in [-0.2, -0.15) is 0 Å². The first-order chi connectivity index (χ1) is 14.2. The van der Waals surface area contributed by atoms with Crippen LogP contribution < -0.4 is 19.7 Å². The molecule has 0 aliphatic carbocycles. The summed E-state index contributed by atoms with van der Waals surface area (Å²) in [5, 5.41) is 2.75. The van der Waals surface area contributed by atoms with E-state index < -0.39 is 0 Å². The van der Waals surface area contributed by atoms with Crippen LogP contribution in [-0.4, -0.2) is 56.7 Å². The molecule has 4 rings (SSSR count). The SMILES string of the molecule is COc1ccccc1OCC(=O)Nc1ccc(N2CCC3(CC2)OCCO3)cn1. The zero-order chi connectivity index (χ0) is 20.1.